The topological polar surface area (TPSA) is 76.5 Å². The Morgan fingerprint density at radius 3 is 2.55 bits per heavy atom. The van der Waals surface area contributed by atoms with Crippen LogP contribution in [0.2, 0.25) is 5.02 Å². The van der Waals surface area contributed by atoms with Crippen molar-refractivity contribution in [1.82, 2.24) is 4.98 Å². The molecular weight excluding hydrogens is 390 g/mol. The molecule has 0 unspecified atom stereocenters. The number of pyridine rings is 1. The highest BCUT2D eigenvalue weighted by Crippen LogP contribution is 2.25. The van der Waals surface area contributed by atoms with Crippen LogP contribution in [0.1, 0.15) is 41.4 Å². The van der Waals surface area contributed by atoms with Gasteiger partial charge in [0, 0.05) is 17.4 Å². The molecule has 0 spiro atoms. The van der Waals surface area contributed by atoms with Gasteiger partial charge in [-0.2, -0.15) is 0 Å². The molecule has 0 fully saturated rings. The Balaban J connectivity index is 1.96. The van der Waals surface area contributed by atoms with Crippen molar-refractivity contribution in [2.24, 2.45) is 0 Å². The van der Waals surface area contributed by atoms with Crippen LogP contribution in [0.3, 0.4) is 0 Å². The van der Waals surface area contributed by atoms with Crippen LogP contribution >= 0.6 is 11.6 Å². The van der Waals surface area contributed by atoms with Gasteiger partial charge in [0.15, 0.2) is 5.78 Å². The van der Waals surface area contributed by atoms with Gasteiger partial charge in [-0.1, -0.05) is 47.7 Å². The Labute approximate surface area is 173 Å². The zero-order valence-corrected chi connectivity index (χ0v) is 16.5. The molecule has 0 radical (unpaired) electrons. The lowest BCUT2D eigenvalue weighted by Gasteiger charge is -2.07. The summed E-state index contributed by atoms with van der Waals surface area (Å²) < 4.78 is 4.83. The second-order valence-electron chi connectivity index (χ2n) is 6.19. The van der Waals surface area contributed by atoms with E-state index in [-0.39, 0.29) is 30.9 Å². The summed E-state index contributed by atoms with van der Waals surface area (Å²) in [5.74, 6) is 4.90. The lowest BCUT2D eigenvalue weighted by atomic mass is 10.1. The third-order valence-electron chi connectivity index (χ3n) is 4.16. The highest BCUT2D eigenvalue weighted by Gasteiger charge is 2.17. The normalized spacial score (nSPS) is 10.3. The van der Waals surface area contributed by atoms with Crippen LogP contribution in [0.5, 0.6) is 5.75 Å². The lowest BCUT2D eigenvalue weighted by molar-refractivity contribution is -0.143. The molecule has 6 heteroatoms. The van der Waals surface area contributed by atoms with E-state index in [0.717, 1.165) is 0 Å². The minimum absolute atomic E-state index is 0.0697. The van der Waals surface area contributed by atoms with E-state index in [1.54, 1.807) is 31.2 Å². The first-order valence-corrected chi connectivity index (χ1v) is 9.45. The molecule has 0 amide bonds. The first-order chi connectivity index (χ1) is 14.0. The minimum atomic E-state index is -0.465. The van der Waals surface area contributed by atoms with Gasteiger partial charge in [0.05, 0.1) is 29.1 Å². The molecule has 3 aromatic rings. The number of benzene rings is 2. The number of ether oxygens (including phenoxy) is 1. The van der Waals surface area contributed by atoms with Crippen LogP contribution in [0.15, 0.2) is 48.5 Å². The average molecular weight is 408 g/mol. The molecule has 3 rings (SSSR count). The summed E-state index contributed by atoms with van der Waals surface area (Å²) >= 11 is 6.15. The van der Waals surface area contributed by atoms with Crippen LogP contribution in [-0.2, 0) is 9.53 Å². The highest BCUT2D eigenvalue weighted by molar-refractivity contribution is 6.31. The highest BCUT2D eigenvalue weighted by atomic mass is 35.5. The Hall–Kier alpha value is -3.36. The lowest BCUT2D eigenvalue weighted by Crippen LogP contribution is -2.09. The predicted molar refractivity (Wildman–Crippen MR) is 111 cm³/mol. The summed E-state index contributed by atoms with van der Waals surface area (Å²) in [6.07, 6.45) is -0.168. The zero-order chi connectivity index (χ0) is 20.8. The van der Waals surface area contributed by atoms with Crippen LogP contribution in [0.4, 0.5) is 0 Å². The number of fused-ring (bicyclic) bond motifs is 1. The summed E-state index contributed by atoms with van der Waals surface area (Å²) in [5, 5.41) is 11.4. The van der Waals surface area contributed by atoms with Gasteiger partial charge in [-0.3, -0.25) is 9.59 Å². The third-order valence-corrected chi connectivity index (χ3v) is 4.49. The number of halogens is 1. The fraction of sp³-hybridized carbons (Fsp3) is 0.174. The van der Waals surface area contributed by atoms with E-state index in [1.807, 2.05) is 18.2 Å². The molecule has 1 aromatic heterocycles. The second-order valence-corrected chi connectivity index (χ2v) is 6.60. The number of para-hydroxylation sites is 1. The monoisotopic (exact) mass is 407 g/mol. The number of rotatable bonds is 5. The van der Waals surface area contributed by atoms with Gasteiger partial charge in [0.2, 0.25) is 0 Å². The minimum Gasteiger partial charge on any atom is -0.506 e. The van der Waals surface area contributed by atoms with Gasteiger partial charge in [0.1, 0.15) is 11.4 Å². The van der Waals surface area contributed by atoms with Crippen molar-refractivity contribution in [3.63, 3.8) is 0 Å². The number of carbonyl (C=O) groups is 2. The summed E-state index contributed by atoms with van der Waals surface area (Å²) in [5.41, 5.74) is 1.68. The quantitative estimate of drug-likeness (QED) is 0.382. The summed E-state index contributed by atoms with van der Waals surface area (Å²) in [6, 6.07) is 14.1. The van der Waals surface area contributed by atoms with Crippen molar-refractivity contribution < 1.29 is 19.4 Å². The maximum absolute atomic E-state index is 12.5. The number of nitrogens with zero attached hydrogens (tertiary/aromatic N) is 1. The van der Waals surface area contributed by atoms with Gasteiger partial charge in [-0.15, -0.1) is 0 Å². The Morgan fingerprint density at radius 1 is 1.07 bits per heavy atom. The first-order valence-electron chi connectivity index (χ1n) is 9.07. The molecule has 0 saturated carbocycles. The van der Waals surface area contributed by atoms with Crippen molar-refractivity contribution in [2.75, 3.05) is 6.61 Å². The van der Waals surface area contributed by atoms with Gasteiger partial charge in [-0.05, 0) is 31.2 Å². The average Bonchev–Trinajstić information content (AvgIpc) is 2.71. The summed E-state index contributed by atoms with van der Waals surface area (Å²) in [6.45, 7) is 1.95. The molecule has 1 heterocycles. The van der Waals surface area contributed by atoms with Crippen molar-refractivity contribution in [1.29, 1.82) is 0 Å². The molecule has 0 bridgehead atoms. The number of hydrogen-bond acceptors (Lipinski definition) is 5. The predicted octanol–water partition coefficient (Wildman–Crippen LogP) is 4.52. The van der Waals surface area contributed by atoms with E-state index >= 15 is 0 Å². The number of esters is 1. The molecule has 0 aliphatic heterocycles. The number of ketones is 1. The van der Waals surface area contributed by atoms with Crippen molar-refractivity contribution in [3.05, 3.63) is 70.4 Å². The number of carbonyl (C=O) groups excluding carboxylic acids is 2. The largest absolute Gasteiger partial charge is 0.506 e. The smallest absolute Gasteiger partial charge is 0.306 e. The Kier molecular flexibility index (Phi) is 6.48. The Bertz CT molecular complexity index is 1140. The molecule has 0 saturated heterocycles. The van der Waals surface area contributed by atoms with Crippen molar-refractivity contribution >= 4 is 34.3 Å². The van der Waals surface area contributed by atoms with E-state index in [9.17, 15) is 14.7 Å². The van der Waals surface area contributed by atoms with Gasteiger partial charge >= 0.3 is 5.97 Å². The fourth-order valence-corrected chi connectivity index (χ4v) is 2.94. The molecule has 2 aromatic carbocycles. The maximum Gasteiger partial charge on any atom is 0.306 e. The van der Waals surface area contributed by atoms with Crippen molar-refractivity contribution in [3.8, 4) is 17.6 Å². The van der Waals surface area contributed by atoms with E-state index in [4.69, 9.17) is 16.3 Å². The summed E-state index contributed by atoms with van der Waals surface area (Å²) in [7, 11) is 0. The van der Waals surface area contributed by atoms with E-state index in [2.05, 4.69) is 16.8 Å². The third kappa shape index (κ3) is 4.92. The van der Waals surface area contributed by atoms with Crippen molar-refractivity contribution in [2.45, 2.75) is 19.8 Å². The van der Waals surface area contributed by atoms with E-state index < -0.39 is 11.8 Å². The molecule has 0 atom stereocenters. The molecule has 1 N–H and O–H groups in total. The summed E-state index contributed by atoms with van der Waals surface area (Å²) in [4.78, 5) is 28.3. The van der Waals surface area contributed by atoms with Crippen LogP contribution in [-0.4, -0.2) is 28.4 Å². The molecule has 0 aliphatic carbocycles. The van der Waals surface area contributed by atoms with Gasteiger partial charge < -0.3 is 9.84 Å². The molecular formula is C23H18ClNO4. The van der Waals surface area contributed by atoms with Crippen LogP contribution in [0.25, 0.3) is 10.9 Å². The number of hydrogen-bond donors (Lipinski definition) is 1. The van der Waals surface area contributed by atoms with Gasteiger partial charge in [-0.25, -0.2) is 4.98 Å². The number of aromatic hydroxyl groups is 1. The molecule has 29 heavy (non-hydrogen) atoms. The number of aromatic nitrogens is 1. The number of Topliss-reactive ketones (excluding diaryl/α,β-unsaturated/α-hetero) is 1. The van der Waals surface area contributed by atoms with Crippen LogP contribution in [0, 0.1) is 11.8 Å². The zero-order valence-electron chi connectivity index (χ0n) is 15.7. The Morgan fingerprint density at radius 2 is 1.79 bits per heavy atom. The second kappa shape index (κ2) is 9.22. The SMILES string of the molecule is CCOC(=O)CCC(=O)c1nc2c(C#Cc3ccccc3Cl)cccc2cc1O. The maximum atomic E-state index is 12.5. The standard InChI is InChI=1S/C23H18ClNO4/c1-2-29-21(28)13-12-19(26)23-20(27)14-17-8-5-7-16(22(17)25-23)11-10-15-6-3-4-9-18(15)24/h3-9,14,27H,2,12-13H2,1H3. The molecule has 0 aliphatic rings. The van der Waals surface area contributed by atoms with E-state index in [0.29, 0.717) is 27.1 Å². The molecule has 5 nitrogen and oxygen atoms in total. The van der Waals surface area contributed by atoms with Crippen LogP contribution < -0.4 is 0 Å². The van der Waals surface area contributed by atoms with E-state index in [1.165, 1.54) is 6.07 Å². The van der Waals surface area contributed by atoms with Gasteiger partial charge in [0.25, 0.3) is 0 Å². The fourth-order valence-electron chi connectivity index (χ4n) is 2.76. The molecule has 146 valence electrons. The first kappa shape index (κ1) is 20.4.